The van der Waals surface area contributed by atoms with Crippen LogP contribution in [0.4, 0.5) is 0 Å². The van der Waals surface area contributed by atoms with Crippen molar-refractivity contribution in [2.75, 3.05) is 0 Å². The fraction of sp³-hybridized carbons (Fsp3) is 0.0370. The molecule has 0 aliphatic carbocycles. The molecule has 0 saturated carbocycles. The van der Waals surface area contributed by atoms with Crippen molar-refractivity contribution in [3.05, 3.63) is 199 Å². The minimum absolute atomic E-state index is 0.566. The monoisotopic (exact) mass is 768 g/mol. The minimum Gasteiger partial charge on any atom is -0.309 e. The van der Waals surface area contributed by atoms with Crippen LogP contribution >= 0.6 is 0 Å². The zero-order chi connectivity index (χ0) is 40.3. The summed E-state index contributed by atoms with van der Waals surface area (Å²) < 4.78 is 4.70. The first-order valence-corrected chi connectivity index (χ1v) is 20.1. The summed E-state index contributed by atoms with van der Waals surface area (Å²) in [7, 11) is 0. The van der Waals surface area contributed by atoms with Gasteiger partial charge in [-0.1, -0.05) is 132 Å². The molecule has 11 aromatic rings. The lowest BCUT2D eigenvalue weighted by molar-refractivity contribution is 1.07. The minimum atomic E-state index is 0.566. The van der Waals surface area contributed by atoms with Crippen molar-refractivity contribution in [2.45, 2.75) is 13.8 Å². The Labute approximate surface area is 346 Å². The summed E-state index contributed by atoms with van der Waals surface area (Å²) >= 11 is 0. The fourth-order valence-electron chi connectivity index (χ4n) is 8.73. The van der Waals surface area contributed by atoms with Gasteiger partial charge in [0.15, 0.2) is 17.5 Å². The third-order valence-corrected chi connectivity index (χ3v) is 11.5. The quantitative estimate of drug-likeness (QED) is 0.169. The molecule has 0 atom stereocenters. The Balaban J connectivity index is 1.24. The van der Waals surface area contributed by atoms with Gasteiger partial charge in [0, 0.05) is 49.4 Å². The largest absolute Gasteiger partial charge is 0.309 e. The summed E-state index contributed by atoms with van der Waals surface area (Å²) in [6.07, 6.45) is 0. The number of aryl methyl sites for hydroxylation is 2. The zero-order valence-electron chi connectivity index (χ0n) is 33.0. The third-order valence-electron chi connectivity index (χ3n) is 11.5. The molecule has 0 fully saturated rings. The maximum absolute atomic E-state index is 10.4. The van der Waals surface area contributed by atoms with Gasteiger partial charge < -0.3 is 9.13 Å². The van der Waals surface area contributed by atoms with Crippen molar-refractivity contribution >= 4 is 43.6 Å². The first-order valence-electron chi connectivity index (χ1n) is 20.1. The molecule has 3 aromatic heterocycles. The van der Waals surface area contributed by atoms with Crippen LogP contribution in [-0.4, -0.2) is 24.1 Å². The highest BCUT2D eigenvalue weighted by molar-refractivity contribution is 6.12. The van der Waals surface area contributed by atoms with E-state index in [2.05, 4.69) is 138 Å². The second-order valence-corrected chi connectivity index (χ2v) is 15.4. The van der Waals surface area contributed by atoms with Crippen LogP contribution in [0.2, 0.25) is 0 Å². The Hall–Kier alpha value is -8.14. The molecular weight excluding hydrogens is 733 g/mol. The smallest absolute Gasteiger partial charge is 0.164 e. The van der Waals surface area contributed by atoms with Crippen LogP contribution in [0.15, 0.2) is 182 Å². The number of benzene rings is 8. The average molecular weight is 769 g/mol. The van der Waals surface area contributed by atoms with Crippen LogP contribution in [-0.2, 0) is 0 Å². The Morgan fingerprint density at radius 3 is 1.42 bits per heavy atom. The standard InChI is InChI=1S/C54H36N6/c1-34-21-26-48-43(29-34)40-17-9-11-19-46(40)59(48)50-28-23-36(33-55)31-45(50)42-25-24-39(32-51(42)60-47-20-12-10-18-41(47)44-30-35(2)22-27-49(44)60)54-57-52(37-13-5-3-6-14-37)56-53(58-54)38-15-7-4-8-16-38/h3-32H,1-2H3. The molecule has 60 heavy (non-hydrogen) atoms. The third kappa shape index (κ3) is 5.75. The van der Waals surface area contributed by atoms with Gasteiger partial charge >= 0.3 is 0 Å². The van der Waals surface area contributed by atoms with Gasteiger partial charge in [-0.25, -0.2) is 15.0 Å². The molecule has 0 unspecified atom stereocenters. The van der Waals surface area contributed by atoms with E-state index >= 15 is 0 Å². The van der Waals surface area contributed by atoms with Crippen molar-refractivity contribution in [3.8, 4) is 62.7 Å². The maximum Gasteiger partial charge on any atom is 0.164 e. The Kier molecular flexibility index (Phi) is 8.21. The van der Waals surface area contributed by atoms with E-state index in [1.807, 2.05) is 72.8 Å². The summed E-state index contributed by atoms with van der Waals surface area (Å²) in [5.41, 5.74) is 13.8. The molecule has 11 rings (SSSR count). The Morgan fingerprint density at radius 2 is 0.867 bits per heavy atom. The predicted octanol–water partition coefficient (Wildman–Crippen LogP) is 13.2. The lowest BCUT2D eigenvalue weighted by Crippen LogP contribution is -2.04. The van der Waals surface area contributed by atoms with E-state index in [-0.39, 0.29) is 0 Å². The average Bonchev–Trinajstić information content (AvgIpc) is 3.81. The molecular formula is C54H36N6. The molecule has 3 heterocycles. The Morgan fingerprint density at radius 1 is 0.383 bits per heavy atom. The van der Waals surface area contributed by atoms with Crippen LogP contribution in [0, 0.1) is 25.2 Å². The molecule has 0 radical (unpaired) electrons. The zero-order valence-corrected chi connectivity index (χ0v) is 33.0. The molecule has 0 spiro atoms. The maximum atomic E-state index is 10.4. The summed E-state index contributed by atoms with van der Waals surface area (Å²) in [5.74, 6) is 1.77. The highest BCUT2D eigenvalue weighted by Gasteiger charge is 2.23. The van der Waals surface area contributed by atoms with E-state index in [0.29, 0.717) is 23.0 Å². The van der Waals surface area contributed by atoms with E-state index in [0.717, 1.165) is 66.6 Å². The summed E-state index contributed by atoms with van der Waals surface area (Å²) in [4.78, 5) is 15.3. The number of para-hydroxylation sites is 2. The first-order chi connectivity index (χ1) is 29.5. The summed E-state index contributed by atoms with van der Waals surface area (Å²) in [5, 5.41) is 15.1. The molecule has 8 aromatic carbocycles. The van der Waals surface area contributed by atoms with E-state index in [1.54, 1.807) is 0 Å². The van der Waals surface area contributed by atoms with Gasteiger partial charge in [0.1, 0.15) is 0 Å². The first kappa shape index (κ1) is 35.1. The highest BCUT2D eigenvalue weighted by atomic mass is 15.0. The van der Waals surface area contributed by atoms with Crippen molar-refractivity contribution in [1.82, 2.24) is 24.1 Å². The molecule has 282 valence electrons. The van der Waals surface area contributed by atoms with E-state index in [1.165, 1.54) is 27.3 Å². The molecule has 0 bridgehead atoms. The predicted molar refractivity (Wildman–Crippen MR) is 244 cm³/mol. The number of rotatable bonds is 6. The van der Waals surface area contributed by atoms with Crippen LogP contribution in [0.25, 0.3) is 100 Å². The second-order valence-electron chi connectivity index (χ2n) is 15.4. The number of aromatic nitrogens is 5. The number of fused-ring (bicyclic) bond motifs is 6. The van der Waals surface area contributed by atoms with Crippen LogP contribution in [0.5, 0.6) is 0 Å². The topological polar surface area (TPSA) is 72.3 Å². The van der Waals surface area contributed by atoms with Crippen LogP contribution < -0.4 is 0 Å². The van der Waals surface area contributed by atoms with Gasteiger partial charge in [0.25, 0.3) is 0 Å². The van der Waals surface area contributed by atoms with Gasteiger partial charge in [-0.3, -0.25) is 0 Å². The molecule has 0 amide bonds. The molecule has 6 nitrogen and oxygen atoms in total. The molecule has 0 aliphatic heterocycles. The van der Waals surface area contributed by atoms with Crippen LogP contribution in [0.3, 0.4) is 0 Å². The van der Waals surface area contributed by atoms with E-state index in [9.17, 15) is 5.26 Å². The Bertz CT molecular complexity index is 3460. The van der Waals surface area contributed by atoms with Gasteiger partial charge in [-0.05, 0) is 74.5 Å². The van der Waals surface area contributed by atoms with Crippen molar-refractivity contribution in [1.29, 1.82) is 5.26 Å². The van der Waals surface area contributed by atoms with Crippen molar-refractivity contribution < 1.29 is 0 Å². The SMILES string of the molecule is Cc1ccc2c(c1)c1ccccc1n2-c1ccc(C#N)cc1-c1ccc(-c2nc(-c3ccccc3)nc(-c3ccccc3)n2)cc1-n1c2ccccc2c2cc(C)ccc21. The normalized spacial score (nSPS) is 11.5. The molecule has 0 saturated heterocycles. The van der Waals surface area contributed by atoms with Gasteiger partial charge in [-0.15, -0.1) is 0 Å². The lowest BCUT2D eigenvalue weighted by Gasteiger charge is -2.20. The lowest BCUT2D eigenvalue weighted by atomic mass is 9.97. The number of nitrogens with zero attached hydrogens (tertiary/aromatic N) is 6. The van der Waals surface area contributed by atoms with E-state index in [4.69, 9.17) is 15.0 Å². The fourth-order valence-corrected chi connectivity index (χ4v) is 8.73. The van der Waals surface area contributed by atoms with E-state index < -0.39 is 0 Å². The highest BCUT2D eigenvalue weighted by Crippen LogP contribution is 2.42. The van der Waals surface area contributed by atoms with Gasteiger partial charge in [0.05, 0.1) is 45.1 Å². The second kappa shape index (κ2) is 14.1. The number of hydrogen-bond acceptors (Lipinski definition) is 4. The molecule has 0 N–H and O–H groups in total. The number of nitriles is 1. The molecule has 6 heteroatoms. The van der Waals surface area contributed by atoms with Gasteiger partial charge in [-0.2, -0.15) is 5.26 Å². The summed E-state index contributed by atoms with van der Waals surface area (Å²) in [6, 6.07) is 65.6. The summed E-state index contributed by atoms with van der Waals surface area (Å²) in [6.45, 7) is 4.28. The van der Waals surface area contributed by atoms with Crippen molar-refractivity contribution in [3.63, 3.8) is 0 Å². The van der Waals surface area contributed by atoms with Crippen LogP contribution in [0.1, 0.15) is 16.7 Å². The van der Waals surface area contributed by atoms with Crippen molar-refractivity contribution in [2.24, 2.45) is 0 Å². The molecule has 0 aliphatic rings. The number of hydrogen-bond donors (Lipinski definition) is 0. The van der Waals surface area contributed by atoms with Gasteiger partial charge in [0.2, 0.25) is 0 Å².